The first-order valence-electron chi connectivity index (χ1n) is 18.2. The van der Waals surface area contributed by atoms with Crippen molar-refractivity contribution in [2.45, 2.75) is 69.0 Å². The molecule has 1 saturated carbocycles. The number of carbonyl (C=O) groups is 1. The van der Waals surface area contributed by atoms with Crippen LogP contribution in [0.15, 0.2) is 70.2 Å². The number of H-pyrrole nitrogens is 2. The maximum atomic E-state index is 13.4. The van der Waals surface area contributed by atoms with Crippen molar-refractivity contribution in [2.75, 3.05) is 26.9 Å². The quantitative estimate of drug-likeness (QED) is 0.0798. The minimum Gasteiger partial charge on any atom is -0.506 e. The zero-order chi connectivity index (χ0) is 37.4. The van der Waals surface area contributed by atoms with E-state index in [-0.39, 0.29) is 30.8 Å². The number of fused-ring (bicyclic) bond motifs is 4. The number of carbonyl (C=O) groups excluding carboxylic acids is 1. The fourth-order valence-electron chi connectivity index (χ4n) is 7.72. The van der Waals surface area contributed by atoms with Gasteiger partial charge in [0.05, 0.1) is 26.9 Å². The third-order valence-electron chi connectivity index (χ3n) is 10.6. The molecule has 0 saturated heterocycles. The smallest absolute Gasteiger partial charge is 0.349 e. The lowest BCUT2D eigenvalue weighted by Crippen LogP contribution is -2.42. The van der Waals surface area contributed by atoms with Crippen LogP contribution in [0.3, 0.4) is 0 Å². The molecular formula is C39H43N5O8S2. The largest absolute Gasteiger partial charge is 0.506 e. The molecule has 1 atom stereocenters. The minimum absolute atomic E-state index is 0.0507. The summed E-state index contributed by atoms with van der Waals surface area (Å²) in [6.07, 6.45) is 3.14. The van der Waals surface area contributed by atoms with E-state index in [0.29, 0.717) is 50.3 Å². The van der Waals surface area contributed by atoms with Crippen LogP contribution in [0.2, 0.25) is 0 Å². The first-order valence-corrected chi connectivity index (χ1v) is 19.9. The predicted molar refractivity (Wildman–Crippen MR) is 206 cm³/mol. The van der Waals surface area contributed by atoms with Crippen molar-refractivity contribution in [1.29, 1.82) is 0 Å². The predicted octanol–water partition coefficient (Wildman–Crippen LogP) is 5.30. The molecule has 0 bridgehead atoms. The summed E-state index contributed by atoms with van der Waals surface area (Å²) in [5.74, 6) is 0.747. The number of nitrogens with zero attached hydrogens (tertiary/aromatic N) is 2. The van der Waals surface area contributed by atoms with Crippen LogP contribution < -0.4 is 20.3 Å². The molecule has 15 heteroatoms. The first kappa shape index (κ1) is 36.3. The highest BCUT2D eigenvalue weighted by molar-refractivity contribution is 7.12. The van der Waals surface area contributed by atoms with Crippen LogP contribution in [0.1, 0.15) is 59.1 Å². The van der Waals surface area contributed by atoms with Crippen molar-refractivity contribution in [2.24, 2.45) is 0 Å². The molecule has 4 aromatic heterocycles. The van der Waals surface area contributed by atoms with Gasteiger partial charge in [0.1, 0.15) is 17.4 Å². The minimum atomic E-state index is -1.78. The molecule has 1 fully saturated rings. The molecule has 13 nitrogen and oxygen atoms in total. The van der Waals surface area contributed by atoms with Crippen molar-refractivity contribution >= 4 is 50.6 Å². The Morgan fingerprint density at radius 1 is 1.07 bits per heavy atom. The number of aromatic amines is 2. The van der Waals surface area contributed by atoms with E-state index in [4.69, 9.17) is 14.2 Å². The molecule has 0 radical (unpaired) electrons. The van der Waals surface area contributed by atoms with Crippen LogP contribution in [0.5, 0.6) is 17.2 Å². The van der Waals surface area contributed by atoms with Gasteiger partial charge in [-0.25, -0.2) is 4.79 Å². The van der Waals surface area contributed by atoms with Gasteiger partial charge in [0, 0.05) is 42.7 Å². The Morgan fingerprint density at radius 2 is 1.81 bits per heavy atom. The van der Waals surface area contributed by atoms with E-state index < -0.39 is 17.7 Å². The standard InChI is InChI=1S/C39H43N5O8S2/c1-43(24-7-9-25(10-8-24)52-38(48)39(49,31-5-2-17-53-31)32-6-3-18-54-32)15-4-16-44-35-28(42-44)19-23(36-37(35)51-22-50-36)20-40-21-30(46)26-11-13-29(45)34-27(26)12-14-33(47)41-34/h2-3,5-6,11-14,17-19,24-25,30,40,42,45-46,49H,4,7-10,15-16,20-22H2,1H3,(H,41,47)/t24?,25?,30-/m0/s1. The second-order valence-corrected chi connectivity index (χ2v) is 15.9. The second kappa shape index (κ2) is 15.2. The topological polar surface area (TPSA) is 174 Å². The van der Waals surface area contributed by atoms with Gasteiger partial charge in [0.25, 0.3) is 0 Å². The number of aromatic nitrogens is 3. The monoisotopic (exact) mass is 773 g/mol. The molecule has 6 aromatic rings. The van der Waals surface area contributed by atoms with Crippen LogP contribution in [0.4, 0.5) is 0 Å². The SMILES string of the molecule is CN(CCCn1[nH]c2cc(CNC[C@H](O)c3ccc(O)c4[nH]c(=O)ccc34)c3c(c21)OCO3)C1CCC(OC(=O)C(O)(c2cccs2)c2cccs2)CC1. The Balaban J connectivity index is 0.824. The van der Waals surface area contributed by atoms with Crippen molar-refractivity contribution in [3.63, 3.8) is 0 Å². The lowest BCUT2D eigenvalue weighted by molar-refractivity contribution is -0.169. The number of ether oxygens (including phenoxy) is 3. The summed E-state index contributed by atoms with van der Waals surface area (Å²) in [5, 5.41) is 43.8. The Hall–Kier alpha value is -4.64. The van der Waals surface area contributed by atoms with Gasteiger partial charge in [-0.15, -0.1) is 22.7 Å². The number of aromatic hydroxyl groups is 1. The summed E-state index contributed by atoms with van der Waals surface area (Å²) < 4.78 is 19.9. The van der Waals surface area contributed by atoms with Gasteiger partial charge >= 0.3 is 5.97 Å². The van der Waals surface area contributed by atoms with E-state index in [9.17, 15) is 24.9 Å². The molecule has 0 spiro atoms. The number of thiophene rings is 2. The molecule has 0 unspecified atom stereocenters. The summed E-state index contributed by atoms with van der Waals surface area (Å²) in [4.78, 5) is 31.3. The highest BCUT2D eigenvalue weighted by atomic mass is 32.1. The maximum Gasteiger partial charge on any atom is 0.349 e. The first-order chi connectivity index (χ1) is 26.2. The Labute approximate surface area is 318 Å². The second-order valence-electron chi connectivity index (χ2n) is 14.0. The van der Waals surface area contributed by atoms with E-state index in [2.05, 4.69) is 32.0 Å². The molecular weight excluding hydrogens is 731 g/mol. The molecule has 1 aliphatic heterocycles. The molecule has 8 rings (SSSR count). The highest BCUT2D eigenvalue weighted by Crippen LogP contribution is 2.43. The molecule has 2 aliphatic rings. The van der Waals surface area contributed by atoms with Crippen LogP contribution >= 0.6 is 22.7 Å². The molecule has 284 valence electrons. The van der Waals surface area contributed by atoms with E-state index in [1.54, 1.807) is 24.3 Å². The molecule has 1 aliphatic carbocycles. The number of aliphatic hydroxyl groups is 2. The number of phenols is 1. The summed E-state index contributed by atoms with van der Waals surface area (Å²) in [7, 11) is 2.15. The number of benzene rings is 2. The van der Waals surface area contributed by atoms with Gasteiger partial charge < -0.3 is 44.7 Å². The average Bonchev–Trinajstić information content (AvgIpc) is 3.98. The fourth-order valence-corrected chi connectivity index (χ4v) is 9.43. The number of esters is 1. The van der Waals surface area contributed by atoms with E-state index in [1.807, 2.05) is 29.0 Å². The molecule has 54 heavy (non-hydrogen) atoms. The number of nitrogens with one attached hydrogen (secondary N) is 3. The number of rotatable bonds is 14. The average molecular weight is 774 g/mol. The number of aryl methyl sites for hydroxylation is 1. The van der Waals surface area contributed by atoms with Gasteiger partial charge in [-0.1, -0.05) is 18.2 Å². The van der Waals surface area contributed by atoms with Crippen LogP contribution in [-0.4, -0.2) is 80.0 Å². The normalized spacial score (nSPS) is 17.9. The summed E-state index contributed by atoms with van der Waals surface area (Å²) in [5.41, 5.74) is 1.62. The van der Waals surface area contributed by atoms with Gasteiger partial charge in [-0.2, -0.15) is 0 Å². The van der Waals surface area contributed by atoms with Crippen molar-refractivity contribution in [3.8, 4) is 17.2 Å². The number of hydrogen-bond donors (Lipinski definition) is 6. The Bertz CT molecular complexity index is 2250. The third-order valence-corrected chi connectivity index (χ3v) is 12.6. The van der Waals surface area contributed by atoms with E-state index in [0.717, 1.165) is 61.8 Å². The van der Waals surface area contributed by atoms with Gasteiger partial charge in [-0.05, 0) is 92.4 Å². The number of hydrogen-bond acceptors (Lipinski definition) is 12. The van der Waals surface area contributed by atoms with Gasteiger partial charge in [0.15, 0.2) is 11.5 Å². The van der Waals surface area contributed by atoms with E-state index >= 15 is 0 Å². The van der Waals surface area contributed by atoms with Crippen LogP contribution in [0, 0.1) is 0 Å². The Kier molecular flexibility index (Phi) is 10.3. The zero-order valence-electron chi connectivity index (χ0n) is 29.7. The molecule has 6 N–H and O–H groups in total. The Morgan fingerprint density at radius 3 is 2.54 bits per heavy atom. The lowest BCUT2D eigenvalue weighted by Gasteiger charge is -2.35. The van der Waals surface area contributed by atoms with Gasteiger partial charge in [0.2, 0.25) is 18.0 Å². The fraction of sp³-hybridized carbons (Fsp3) is 0.385. The summed E-state index contributed by atoms with van der Waals surface area (Å²) in [6.45, 7) is 2.48. The summed E-state index contributed by atoms with van der Waals surface area (Å²) >= 11 is 2.70. The zero-order valence-corrected chi connectivity index (χ0v) is 31.4. The third kappa shape index (κ3) is 6.91. The lowest BCUT2D eigenvalue weighted by atomic mass is 9.91. The number of pyridine rings is 1. The number of phenolic OH excluding ortho intramolecular Hbond substituents is 1. The maximum absolute atomic E-state index is 13.4. The molecule has 5 heterocycles. The van der Waals surface area contributed by atoms with Crippen molar-refractivity contribution < 1.29 is 34.3 Å². The molecule has 0 amide bonds. The highest BCUT2D eigenvalue weighted by Gasteiger charge is 2.45. The summed E-state index contributed by atoms with van der Waals surface area (Å²) in [6, 6.07) is 15.7. The van der Waals surface area contributed by atoms with Crippen molar-refractivity contribution in [3.05, 3.63) is 96.6 Å². The van der Waals surface area contributed by atoms with Crippen molar-refractivity contribution in [1.82, 2.24) is 25.0 Å². The van der Waals surface area contributed by atoms with Crippen LogP contribution in [-0.2, 0) is 28.2 Å². The van der Waals surface area contributed by atoms with Gasteiger partial charge in [-0.3, -0.25) is 14.6 Å². The van der Waals surface area contributed by atoms with E-state index in [1.165, 1.54) is 34.8 Å². The molecule has 2 aromatic carbocycles. The van der Waals surface area contributed by atoms with Crippen LogP contribution in [0.25, 0.3) is 21.9 Å². The number of aliphatic hydroxyl groups excluding tert-OH is 1.